The Bertz CT molecular complexity index is 607. The Hall–Kier alpha value is -1.60. The smallest absolute Gasteiger partial charge is 0.251 e. The fourth-order valence-corrected chi connectivity index (χ4v) is 2.74. The molecule has 1 aliphatic rings. The molecule has 0 spiro atoms. The summed E-state index contributed by atoms with van der Waals surface area (Å²) in [5.74, 6) is -0.185. The number of carbonyl (C=O) groups excluding carboxylic acids is 1. The van der Waals surface area contributed by atoms with Gasteiger partial charge in [0.2, 0.25) is 10.0 Å². The zero-order valence-electron chi connectivity index (χ0n) is 11.6. The van der Waals surface area contributed by atoms with Crippen molar-refractivity contribution in [1.82, 2.24) is 10.6 Å². The molecule has 1 fully saturated rings. The Morgan fingerprint density at radius 2 is 2.15 bits per heavy atom. The summed E-state index contributed by atoms with van der Waals surface area (Å²) in [7, 11) is -3.36. The average molecular weight is 297 g/mol. The van der Waals surface area contributed by atoms with Crippen molar-refractivity contribution in [2.45, 2.75) is 19.4 Å². The van der Waals surface area contributed by atoms with Gasteiger partial charge in [-0.05, 0) is 37.6 Å². The molecule has 7 heteroatoms. The summed E-state index contributed by atoms with van der Waals surface area (Å²) in [4.78, 5) is 12.1. The van der Waals surface area contributed by atoms with Gasteiger partial charge in [0, 0.05) is 18.2 Å². The van der Waals surface area contributed by atoms with Crippen LogP contribution in [0.25, 0.3) is 0 Å². The van der Waals surface area contributed by atoms with Gasteiger partial charge >= 0.3 is 0 Å². The maximum Gasteiger partial charge on any atom is 0.251 e. The Balaban J connectivity index is 2.15. The van der Waals surface area contributed by atoms with Gasteiger partial charge in [-0.1, -0.05) is 6.07 Å². The lowest BCUT2D eigenvalue weighted by atomic mass is 10.1. The van der Waals surface area contributed by atoms with Crippen molar-refractivity contribution in [2.24, 2.45) is 0 Å². The summed E-state index contributed by atoms with van der Waals surface area (Å²) in [5, 5.41) is 6.10. The lowest BCUT2D eigenvalue weighted by Crippen LogP contribution is -2.36. The molecule has 1 aliphatic heterocycles. The summed E-state index contributed by atoms with van der Waals surface area (Å²) in [6.07, 6.45) is 2.00. The van der Waals surface area contributed by atoms with Crippen LogP contribution in [0.4, 0.5) is 5.69 Å². The highest BCUT2D eigenvalue weighted by molar-refractivity contribution is 7.92. The number of amides is 1. The van der Waals surface area contributed by atoms with Gasteiger partial charge in [0.25, 0.3) is 5.91 Å². The van der Waals surface area contributed by atoms with E-state index >= 15 is 0 Å². The molecule has 3 N–H and O–H groups in total. The van der Waals surface area contributed by atoms with Crippen molar-refractivity contribution in [3.8, 4) is 0 Å². The molecule has 1 atom stereocenters. The van der Waals surface area contributed by atoms with Gasteiger partial charge in [-0.3, -0.25) is 9.52 Å². The van der Waals surface area contributed by atoms with Crippen LogP contribution in [0, 0.1) is 6.92 Å². The van der Waals surface area contributed by atoms with E-state index in [-0.39, 0.29) is 11.9 Å². The number of anilines is 1. The number of hydrogen-bond acceptors (Lipinski definition) is 4. The van der Waals surface area contributed by atoms with Crippen molar-refractivity contribution >= 4 is 21.6 Å². The molecule has 0 radical (unpaired) electrons. The van der Waals surface area contributed by atoms with Gasteiger partial charge in [0.05, 0.1) is 11.9 Å². The molecule has 110 valence electrons. The van der Waals surface area contributed by atoms with Crippen LogP contribution < -0.4 is 15.4 Å². The molecule has 0 bridgehead atoms. The molecule has 20 heavy (non-hydrogen) atoms. The standard InChI is InChI=1S/C13H19N3O3S/c1-9-3-4-10(7-12(9)16-20(2,18)19)13(17)15-11-5-6-14-8-11/h3-4,7,11,14,16H,5-6,8H2,1-2H3,(H,15,17). The summed E-state index contributed by atoms with van der Waals surface area (Å²) in [5.41, 5.74) is 1.66. The van der Waals surface area contributed by atoms with Crippen molar-refractivity contribution in [2.75, 3.05) is 24.1 Å². The number of sulfonamides is 1. The topological polar surface area (TPSA) is 87.3 Å². The fourth-order valence-electron chi connectivity index (χ4n) is 2.12. The fraction of sp³-hybridized carbons (Fsp3) is 0.462. The first-order valence-corrected chi connectivity index (χ1v) is 8.34. The molecule has 0 aliphatic carbocycles. The maximum absolute atomic E-state index is 12.1. The van der Waals surface area contributed by atoms with E-state index in [1.807, 2.05) is 0 Å². The lowest BCUT2D eigenvalue weighted by Gasteiger charge is -2.13. The summed E-state index contributed by atoms with van der Waals surface area (Å²) >= 11 is 0. The van der Waals surface area contributed by atoms with E-state index in [4.69, 9.17) is 0 Å². The van der Waals surface area contributed by atoms with Crippen molar-refractivity contribution in [1.29, 1.82) is 0 Å². The van der Waals surface area contributed by atoms with Gasteiger partial charge in [-0.15, -0.1) is 0 Å². The molecule has 2 rings (SSSR count). The first-order valence-electron chi connectivity index (χ1n) is 6.45. The molecule has 1 aromatic rings. The minimum atomic E-state index is -3.36. The van der Waals surface area contributed by atoms with Gasteiger partial charge in [-0.25, -0.2) is 8.42 Å². The monoisotopic (exact) mass is 297 g/mol. The number of rotatable bonds is 4. The van der Waals surface area contributed by atoms with Crippen LogP contribution in [-0.4, -0.2) is 39.7 Å². The van der Waals surface area contributed by atoms with Crippen LogP contribution in [0.5, 0.6) is 0 Å². The zero-order valence-corrected chi connectivity index (χ0v) is 12.4. The number of nitrogens with one attached hydrogen (secondary N) is 3. The van der Waals surface area contributed by atoms with E-state index in [9.17, 15) is 13.2 Å². The summed E-state index contributed by atoms with van der Waals surface area (Å²) in [6.45, 7) is 3.46. The van der Waals surface area contributed by atoms with Gasteiger partial charge in [-0.2, -0.15) is 0 Å². The molecule has 1 unspecified atom stereocenters. The van der Waals surface area contributed by atoms with Crippen LogP contribution in [-0.2, 0) is 10.0 Å². The second-order valence-electron chi connectivity index (χ2n) is 5.07. The van der Waals surface area contributed by atoms with Crippen molar-refractivity contribution in [3.05, 3.63) is 29.3 Å². The Morgan fingerprint density at radius 1 is 1.40 bits per heavy atom. The Kier molecular flexibility index (Phi) is 4.29. The third kappa shape index (κ3) is 3.94. The molecule has 6 nitrogen and oxygen atoms in total. The normalized spacial score (nSPS) is 18.8. The predicted octanol–water partition coefficient (Wildman–Crippen LogP) is 0.458. The van der Waals surface area contributed by atoms with E-state index in [1.165, 1.54) is 0 Å². The third-order valence-corrected chi connectivity index (χ3v) is 3.78. The number of benzene rings is 1. The first kappa shape index (κ1) is 14.8. The van der Waals surface area contributed by atoms with Gasteiger partial charge in [0.15, 0.2) is 0 Å². The second-order valence-corrected chi connectivity index (χ2v) is 6.82. The molecule has 1 heterocycles. The number of hydrogen-bond donors (Lipinski definition) is 3. The Morgan fingerprint density at radius 3 is 2.75 bits per heavy atom. The van der Waals surface area contributed by atoms with Gasteiger partial charge in [0.1, 0.15) is 0 Å². The quantitative estimate of drug-likeness (QED) is 0.753. The largest absolute Gasteiger partial charge is 0.348 e. The summed E-state index contributed by atoms with van der Waals surface area (Å²) < 4.78 is 25.0. The Labute approximate surface area is 119 Å². The molecular weight excluding hydrogens is 278 g/mol. The van der Waals surface area contributed by atoms with Crippen LogP contribution in [0.3, 0.4) is 0 Å². The molecule has 1 saturated heterocycles. The van der Waals surface area contributed by atoms with E-state index in [1.54, 1.807) is 25.1 Å². The third-order valence-electron chi connectivity index (χ3n) is 3.19. The maximum atomic E-state index is 12.1. The SMILES string of the molecule is Cc1ccc(C(=O)NC2CCNC2)cc1NS(C)(=O)=O. The molecule has 0 saturated carbocycles. The first-order chi connectivity index (χ1) is 9.35. The highest BCUT2D eigenvalue weighted by Gasteiger charge is 2.18. The van der Waals surface area contributed by atoms with Crippen LogP contribution in [0.2, 0.25) is 0 Å². The van der Waals surface area contributed by atoms with Crippen LogP contribution in [0.1, 0.15) is 22.3 Å². The molecule has 1 amide bonds. The van der Waals surface area contributed by atoms with Crippen LogP contribution >= 0.6 is 0 Å². The lowest BCUT2D eigenvalue weighted by molar-refractivity contribution is 0.0940. The van der Waals surface area contributed by atoms with E-state index in [2.05, 4.69) is 15.4 Å². The highest BCUT2D eigenvalue weighted by atomic mass is 32.2. The second kappa shape index (κ2) is 5.80. The molecular formula is C13H19N3O3S. The average Bonchev–Trinajstić information content (AvgIpc) is 2.83. The minimum Gasteiger partial charge on any atom is -0.348 e. The van der Waals surface area contributed by atoms with E-state index < -0.39 is 10.0 Å². The zero-order chi connectivity index (χ0) is 14.8. The minimum absolute atomic E-state index is 0.134. The van der Waals surface area contributed by atoms with Crippen LogP contribution in [0.15, 0.2) is 18.2 Å². The predicted molar refractivity (Wildman–Crippen MR) is 78.4 cm³/mol. The van der Waals surface area contributed by atoms with Crippen molar-refractivity contribution < 1.29 is 13.2 Å². The van der Waals surface area contributed by atoms with Crippen molar-refractivity contribution in [3.63, 3.8) is 0 Å². The summed E-state index contributed by atoms with van der Waals surface area (Å²) in [6, 6.07) is 5.12. The molecule has 0 aromatic heterocycles. The van der Waals surface area contributed by atoms with E-state index in [0.717, 1.165) is 31.3 Å². The highest BCUT2D eigenvalue weighted by Crippen LogP contribution is 2.18. The molecule has 1 aromatic carbocycles. The van der Waals surface area contributed by atoms with E-state index in [0.29, 0.717) is 11.3 Å². The number of carbonyl (C=O) groups is 1. The van der Waals surface area contributed by atoms with Gasteiger partial charge < -0.3 is 10.6 Å². The number of aryl methyl sites for hydroxylation is 1.